The van der Waals surface area contributed by atoms with Gasteiger partial charge in [-0.3, -0.25) is 5.41 Å². The van der Waals surface area contributed by atoms with Crippen LogP contribution in [0.1, 0.15) is 0 Å². The van der Waals surface area contributed by atoms with E-state index in [4.69, 9.17) is 16.9 Å². The Labute approximate surface area is 63.5 Å². The number of rotatable bonds is 2. The maximum Gasteiger partial charge on any atom is 0.151 e. The van der Waals surface area contributed by atoms with Gasteiger partial charge in [-0.15, -0.1) is 17.0 Å². The van der Waals surface area contributed by atoms with E-state index in [1.807, 2.05) is 0 Å². The molecular weight excluding hydrogens is 190 g/mol. The summed E-state index contributed by atoms with van der Waals surface area (Å²) < 4.78 is 0. The van der Waals surface area contributed by atoms with Crippen LogP contribution in [0.4, 0.5) is 0 Å². The fourth-order valence-electron chi connectivity index (χ4n) is 0.169. The molecule has 0 saturated carbocycles. The molecule has 0 amide bonds. The van der Waals surface area contributed by atoms with Crippen LogP contribution in [0.25, 0.3) is 0 Å². The van der Waals surface area contributed by atoms with Crippen LogP contribution in [0.15, 0.2) is 0 Å². The topological polar surface area (TPSA) is 75.9 Å². The number of nitrogens with two attached hydrogens (primary N) is 2. The lowest BCUT2D eigenvalue weighted by molar-refractivity contribution is 1.15. The van der Waals surface area contributed by atoms with Crippen molar-refractivity contribution in [3.8, 4) is 0 Å². The second-order valence-corrected chi connectivity index (χ2v) is 2.14. The second kappa shape index (κ2) is 7.26. The van der Waals surface area contributed by atoms with Crippen molar-refractivity contribution in [1.29, 1.82) is 5.41 Å². The molecule has 0 unspecified atom stereocenters. The van der Waals surface area contributed by atoms with E-state index in [1.165, 1.54) is 11.8 Å². The van der Waals surface area contributed by atoms with Crippen molar-refractivity contribution in [2.45, 2.75) is 0 Å². The third-order valence-corrected chi connectivity index (χ3v) is 1.13. The summed E-state index contributed by atoms with van der Waals surface area (Å²) in [6, 6.07) is 0. The summed E-state index contributed by atoms with van der Waals surface area (Å²) in [5, 5.41) is 6.83. The van der Waals surface area contributed by atoms with E-state index in [1.54, 1.807) is 0 Å². The van der Waals surface area contributed by atoms with Gasteiger partial charge in [0.25, 0.3) is 0 Å². The van der Waals surface area contributed by atoms with Crippen LogP contribution in [0.3, 0.4) is 0 Å². The first kappa shape index (κ1) is 11.1. The number of nitrogens with one attached hydrogen (secondary N) is 1. The van der Waals surface area contributed by atoms with Crippen LogP contribution < -0.4 is 11.5 Å². The largest absolute Gasteiger partial charge is 0.379 e. The van der Waals surface area contributed by atoms with Crippen LogP contribution in [0.5, 0.6) is 0 Å². The zero-order valence-corrected chi connectivity index (χ0v) is 6.91. The molecule has 0 aliphatic carbocycles. The molecule has 0 aromatic rings. The highest BCUT2D eigenvalue weighted by Crippen LogP contribution is 1.92. The third-order valence-electron chi connectivity index (χ3n) is 0.375. The lowest BCUT2D eigenvalue weighted by Gasteiger charge is -1.90. The molecule has 0 aromatic carbocycles. The smallest absolute Gasteiger partial charge is 0.151 e. The monoisotopic (exact) mass is 199 g/mol. The Balaban J connectivity index is 0. The molecule has 0 heterocycles. The molecule has 0 atom stereocenters. The maximum absolute atomic E-state index is 6.68. The summed E-state index contributed by atoms with van der Waals surface area (Å²) in [6.45, 7) is 0.588. The van der Waals surface area contributed by atoms with Gasteiger partial charge in [-0.25, -0.2) is 0 Å². The summed E-state index contributed by atoms with van der Waals surface area (Å²) in [6.07, 6.45) is 0. The summed E-state index contributed by atoms with van der Waals surface area (Å²) >= 11 is 1.27. The first-order valence-corrected chi connectivity index (χ1v) is 2.93. The lowest BCUT2D eigenvalue weighted by Crippen LogP contribution is -2.09. The average Bonchev–Trinajstić information content (AvgIpc) is 1.61. The molecule has 0 spiro atoms. The van der Waals surface area contributed by atoms with E-state index in [-0.39, 0.29) is 22.1 Å². The Morgan fingerprint density at radius 1 is 1.62 bits per heavy atom. The quantitative estimate of drug-likeness (QED) is 0.438. The SMILES string of the molecule is Br.N=C(N)SCCN. The number of hydrogen-bond acceptors (Lipinski definition) is 3. The van der Waals surface area contributed by atoms with Gasteiger partial charge < -0.3 is 11.5 Å². The van der Waals surface area contributed by atoms with Crippen LogP contribution in [0, 0.1) is 5.41 Å². The highest BCUT2D eigenvalue weighted by Gasteiger charge is 1.84. The Kier molecular flexibility index (Phi) is 10.1. The molecule has 0 fully saturated rings. The van der Waals surface area contributed by atoms with Crippen molar-refractivity contribution < 1.29 is 0 Å². The van der Waals surface area contributed by atoms with Crippen molar-refractivity contribution >= 4 is 33.9 Å². The van der Waals surface area contributed by atoms with Gasteiger partial charge >= 0.3 is 0 Å². The van der Waals surface area contributed by atoms with Crippen molar-refractivity contribution in [3.63, 3.8) is 0 Å². The predicted molar refractivity (Wildman–Crippen MR) is 43.7 cm³/mol. The Bertz CT molecular complexity index is 67.5. The summed E-state index contributed by atoms with van der Waals surface area (Å²) in [5.74, 6) is 0.745. The standard InChI is InChI=1S/C3H9N3S.BrH/c4-1-2-7-3(5)6;/h1-2,4H2,(H3,5,6);1H. The van der Waals surface area contributed by atoms with Crippen molar-refractivity contribution in [3.05, 3.63) is 0 Å². The Morgan fingerprint density at radius 3 is 2.25 bits per heavy atom. The van der Waals surface area contributed by atoms with E-state index in [9.17, 15) is 0 Å². The Hall–Kier alpha value is 0.260. The molecule has 50 valence electrons. The van der Waals surface area contributed by atoms with Gasteiger partial charge in [0.05, 0.1) is 0 Å². The molecule has 0 aliphatic rings. The van der Waals surface area contributed by atoms with Gasteiger partial charge in [0.15, 0.2) is 5.17 Å². The zero-order chi connectivity index (χ0) is 5.70. The third kappa shape index (κ3) is 9.54. The predicted octanol–water partition coefficient (Wildman–Crippen LogP) is 0.150. The Morgan fingerprint density at radius 2 is 2.12 bits per heavy atom. The molecule has 0 bridgehead atoms. The van der Waals surface area contributed by atoms with Gasteiger partial charge in [0.1, 0.15) is 0 Å². The molecule has 0 aliphatic heterocycles. The van der Waals surface area contributed by atoms with Crippen molar-refractivity contribution in [2.24, 2.45) is 11.5 Å². The maximum atomic E-state index is 6.68. The van der Waals surface area contributed by atoms with Crippen LogP contribution in [-0.4, -0.2) is 17.5 Å². The van der Waals surface area contributed by atoms with Crippen LogP contribution in [0.2, 0.25) is 0 Å². The fraction of sp³-hybridized carbons (Fsp3) is 0.667. The zero-order valence-electron chi connectivity index (χ0n) is 4.39. The molecule has 0 radical (unpaired) electrons. The molecule has 0 saturated heterocycles. The number of amidine groups is 1. The van der Waals surface area contributed by atoms with Crippen molar-refractivity contribution in [2.75, 3.05) is 12.3 Å². The number of hydrogen-bond donors (Lipinski definition) is 3. The van der Waals surface area contributed by atoms with E-state index in [2.05, 4.69) is 0 Å². The number of thioether (sulfide) groups is 1. The lowest BCUT2D eigenvalue weighted by atomic mass is 10.8. The van der Waals surface area contributed by atoms with Crippen LogP contribution >= 0.6 is 28.7 Å². The van der Waals surface area contributed by atoms with E-state index >= 15 is 0 Å². The normalized spacial score (nSPS) is 7.62. The molecule has 8 heavy (non-hydrogen) atoms. The molecular formula is C3H10BrN3S. The van der Waals surface area contributed by atoms with E-state index in [0.29, 0.717) is 6.54 Å². The second-order valence-electron chi connectivity index (χ2n) is 1.00. The van der Waals surface area contributed by atoms with E-state index < -0.39 is 0 Å². The summed E-state index contributed by atoms with van der Waals surface area (Å²) in [7, 11) is 0. The molecule has 5 heteroatoms. The van der Waals surface area contributed by atoms with Gasteiger partial charge in [-0.2, -0.15) is 0 Å². The minimum Gasteiger partial charge on any atom is -0.379 e. The summed E-state index contributed by atoms with van der Waals surface area (Å²) in [4.78, 5) is 0. The van der Waals surface area contributed by atoms with Crippen molar-refractivity contribution in [1.82, 2.24) is 0 Å². The van der Waals surface area contributed by atoms with Gasteiger partial charge in [-0.1, -0.05) is 11.8 Å². The minimum atomic E-state index is 0. The number of halogens is 1. The first-order chi connectivity index (χ1) is 3.27. The highest BCUT2D eigenvalue weighted by atomic mass is 79.9. The van der Waals surface area contributed by atoms with E-state index in [0.717, 1.165) is 5.75 Å². The fourth-order valence-corrected chi connectivity index (χ4v) is 0.507. The molecule has 0 aromatic heterocycles. The molecule has 3 nitrogen and oxygen atoms in total. The van der Waals surface area contributed by atoms with Crippen LogP contribution in [-0.2, 0) is 0 Å². The first-order valence-electron chi connectivity index (χ1n) is 1.94. The van der Waals surface area contributed by atoms with Gasteiger partial charge in [0, 0.05) is 12.3 Å². The molecule has 5 N–H and O–H groups in total. The molecule has 0 rings (SSSR count). The van der Waals surface area contributed by atoms with Gasteiger partial charge in [0.2, 0.25) is 0 Å². The summed E-state index contributed by atoms with van der Waals surface area (Å²) in [5.41, 5.74) is 10.1. The van der Waals surface area contributed by atoms with Gasteiger partial charge in [-0.05, 0) is 0 Å². The average molecular weight is 200 g/mol. The highest BCUT2D eigenvalue weighted by molar-refractivity contribution is 8.93. The minimum absolute atomic E-state index is 0.